The number of ether oxygens (including phenoxy) is 1. The van der Waals surface area contributed by atoms with Crippen molar-refractivity contribution in [3.8, 4) is 5.75 Å². The van der Waals surface area contributed by atoms with Gasteiger partial charge in [0.1, 0.15) is 11.5 Å². The Balaban J connectivity index is 1.90. The largest absolute Gasteiger partial charge is 0.494 e. The zero-order chi connectivity index (χ0) is 13.7. The van der Waals surface area contributed by atoms with Gasteiger partial charge in [-0.1, -0.05) is 17.3 Å². The zero-order valence-electron chi connectivity index (χ0n) is 11.6. The second kappa shape index (κ2) is 6.38. The number of nitrogens with one attached hydrogen (secondary N) is 1. The fourth-order valence-electron chi connectivity index (χ4n) is 1.90. The Morgan fingerprint density at radius 2 is 2.05 bits per heavy atom. The molecule has 0 spiro atoms. The van der Waals surface area contributed by atoms with Crippen molar-refractivity contribution in [2.75, 3.05) is 6.61 Å². The molecule has 1 N–H and O–H groups in total. The topological polar surface area (TPSA) is 47.3 Å². The van der Waals surface area contributed by atoms with Crippen molar-refractivity contribution in [2.45, 2.75) is 33.4 Å². The van der Waals surface area contributed by atoms with E-state index in [1.54, 1.807) is 0 Å². The third kappa shape index (κ3) is 3.83. The molecule has 0 radical (unpaired) electrons. The molecule has 0 bridgehead atoms. The van der Waals surface area contributed by atoms with Crippen LogP contribution in [0.25, 0.3) is 0 Å². The maximum atomic E-state index is 5.43. The van der Waals surface area contributed by atoms with Gasteiger partial charge in [-0.3, -0.25) is 0 Å². The molecule has 0 aliphatic rings. The van der Waals surface area contributed by atoms with E-state index in [9.17, 15) is 0 Å². The quantitative estimate of drug-likeness (QED) is 0.866. The molecule has 102 valence electrons. The van der Waals surface area contributed by atoms with Crippen LogP contribution < -0.4 is 10.1 Å². The monoisotopic (exact) mass is 260 g/mol. The molecule has 0 fully saturated rings. The number of nitrogens with zero attached hydrogens (tertiary/aromatic N) is 1. The first kappa shape index (κ1) is 13.6. The van der Waals surface area contributed by atoms with Gasteiger partial charge in [-0.2, -0.15) is 0 Å². The van der Waals surface area contributed by atoms with E-state index < -0.39 is 0 Å². The molecular weight excluding hydrogens is 240 g/mol. The molecule has 4 nitrogen and oxygen atoms in total. The first-order chi connectivity index (χ1) is 9.19. The molecule has 0 amide bonds. The van der Waals surface area contributed by atoms with Gasteiger partial charge >= 0.3 is 0 Å². The van der Waals surface area contributed by atoms with Crippen LogP contribution in [-0.4, -0.2) is 11.8 Å². The molecular formula is C15H20N2O2. The lowest BCUT2D eigenvalue weighted by Gasteiger charge is -2.13. The van der Waals surface area contributed by atoms with Crippen LogP contribution >= 0.6 is 0 Å². The molecule has 0 saturated heterocycles. The minimum Gasteiger partial charge on any atom is -0.494 e. The molecule has 1 atom stereocenters. The molecule has 1 aromatic carbocycles. The summed E-state index contributed by atoms with van der Waals surface area (Å²) in [4.78, 5) is 0. The minimum absolute atomic E-state index is 0.257. The second-order valence-corrected chi connectivity index (χ2v) is 4.53. The lowest BCUT2D eigenvalue weighted by molar-refractivity contribution is 0.340. The van der Waals surface area contributed by atoms with Crippen LogP contribution in [0.2, 0.25) is 0 Å². The zero-order valence-corrected chi connectivity index (χ0v) is 11.6. The van der Waals surface area contributed by atoms with Gasteiger partial charge in [0, 0.05) is 18.7 Å². The number of benzene rings is 1. The van der Waals surface area contributed by atoms with Crippen molar-refractivity contribution in [2.24, 2.45) is 0 Å². The lowest BCUT2D eigenvalue weighted by atomic mass is 10.1. The van der Waals surface area contributed by atoms with Gasteiger partial charge in [-0.15, -0.1) is 0 Å². The van der Waals surface area contributed by atoms with E-state index >= 15 is 0 Å². The van der Waals surface area contributed by atoms with Crippen LogP contribution in [0.1, 0.15) is 36.9 Å². The van der Waals surface area contributed by atoms with Crippen molar-refractivity contribution >= 4 is 0 Å². The highest BCUT2D eigenvalue weighted by molar-refractivity contribution is 5.29. The van der Waals surface area contributed by atoms with E-state index in [0.717, 1.165) is 17.2 Å². The summed E-state index contributed by atoms with van der Waals surface area (Å²) in [6, 6.07) is 10.4. The summed E-state index contributed by atoms with van der Waals surface area (Å²) in [5, 5.41) is 7.38. The number of aromatic nitrogens is 1. The van der Waals surface area contributed by atoms with Crippen molar-refractivity contribution in [1.82, 2.24) is 10.5 Å². The van der Waals surface area contributed by atoms with Gasteiger partial charge in [0.15, 0.2) is 0 Å². The number of hydrogen-bond donors (Lipinski definition) is 1. The maximum Gasteiger partial charge on any atom is 0.133 e. The molecule has 0 aliphatic heterocycles. The number of aryl methyl sites for hydroxylation is 1. The van der Waals surface area contributed by atoms with Crippen molar-refractivity contribution in [3.05, 3.63) is 47.3 Å². The normalized spacial score (nSPS) is 12.4. The summed E-state index contributed by atoms with van der Waals surface area (Å²) in [6.07, 6.45) is 0. The number of hydrogen-bond acceptors (Lipinski definition) is 4. The van der Waals surface area contributed by atoms with Crippen LogP contribution in [0, 0.1) is 6.92 Å². The molecule has 0 saturated carbocycles. The average Bonchev–Trinajstić information content (AvgIpc) is 2.83. The van der Waals surface area contributed by atoms with Crippen molar-refractivity contribution < 1.29 is 9.26 Å². The molecule has 2 aromatic rings. The van der Waals surface area contributed by atoms with Crippen LogP contribution in [0.15, 0.2) is 34.9 Å². The van der Waals surface area contributed by atoms with Gasteiger partial charge in [-0.25, -0.2) is 0 Å². The van der Waals surface area contributed by atoms with E-state index in [4.69, 9.17) is 9.26 Å². The van der Waals surface area contributed by atoms with E-state index in [0.29, 0.717) is 13.2 Å². The van der Waals surface area contributed by atoms with E-state index in [1.807, 2.05) is 32.0 Å². The van der Waals surface area contributed by atoms with Gasteiger partial charge in [-0.05, 0) is 38.5 Å². The van der Waals surface area contributed by atoms with Crippen LogP contribution in [0.3, 0.4) is 0 Å². The van der Waals surface area contributed by atoms with Crippen LogP contribution in [0.4, 0.5) is 0 Å². The SMILES string of the molecule is CCOc1ccc(C(C)NCc2cc(C)on2)cc1. The third-order valence-corrected chi connectivity index (χ3v) is 2.96. The Labute approximate surface area is 113 Å². The van der Waals surface area contributed by atoms with Gasteiger partial charge < -0.3 is 14.6 Å². The highest BCUT2D eigenvalue weighted by Gasteiger charge is 2.07. The van der Waals surface area contributed by atoms with Gasteiger partial charge in [0.2, 0.25) is 0 Å². The first-order valence-electron chi connectivity index (χ1n) is 6.57. The summed E-state index contributed by atoms with van der Waals surface area (Å²) in [5.41, 5.74) is 2.15. The van der Waals surface area contributed by atoms with E-state index in [1.165, 1.54) is 5.56 Å². The maximum absolute atomic E-state index is 5.43. The Morgan fingerprint density at radius 3 is 2.63 bits per heavy atom. The van der Waals surface area contributed by atoms with Crippen molar-refractivity contribution in [1.29, 1.82) is 0 Å². The molecule has 2 rings (SSSR count). The fraction of sp³-hybridized carbons (Fsp3) is 0.400. The summed E-state index contributed by atoms with van der Waals surface area (Å²) >= 11 is 0. The Kier molecular flexibility index (Phi) is 4.58. The Hall–Kier alpha value is -1.81. The van der Waals surface area contributed by atoms with Gasteiger partial charge in [0.05, 0.1) is 12.3 Å². The van der Waals surface area contributed by atoms with Crippen molar-refractivity contribution in [3.63, 3.8) is 0 Å². The lowest BCUT2D eigenvalue weighted by Crippen LogP contribution is -2.18. The third-order valence-electron chi connectivity index (χ3n) is 2.96. The average molecular weight is 260 g/mol. The van der Waals surface area contributed by atoms with Crippen LogP contribution in [-0.2, 0) is 6.54 Å². The predicted octanol–water partition coefficient (Wildman–Crippen LogP) is 3.23. The summed E-state index contributed by atoms with van der Waals surface area (Å²) in [5.74, 6) is 1.75. The smallest absolute Gasteiger partial charge is 0.133 e. The first-order valence-corrected chi connectivity index (χ1v) is 6.57. The fourth-order valence-corrected chi connectivity index (χ4v) is 1.90. The van der Waals surface area contributed by atoms with Crippen LogP contribution in [0.5, 0.6) is 5.75 Å². The molecule has 1 aromatic heterocycles. The highest BCUT2D eigenvalue weighted by Crippen LogP contribution is 2.18. The molecule has 19 heavy (non-hydrogen) atoms. The standard InChI is InChI=1S/C15H20N2O2/c1-4-18-15-7-5-13(6-8-15)12(3)16-10-14-9-11(2)19-17-14/h5-9,12,16H,4,10H2,1-3H3. The number of rotatable bonds is 6. The highest BCUT2D eigenvalue weighted by atomic mass is 16.5. The predicted molar refractivity (Wildman–Crippen MR) is 74.1 cm³/mol. The molecule has 0 aliphatic carbocycles. The Morgan fingerprint density at radius 1 is 1.32 bits per heavy atom. The Bertz CT molecular complexity index is 505. The van der Waals surface area contributed by atoms with E-state index in [2.05, 4.69) is 29.5 Å². The van der Waals surface area contributed by atoms with E-state index in [-0.39, 0.29) is 6.04 Å². The summed E-state index contributed by atoms with van der Waals surface area (Å²) in [6.45, 7) is 7.40. The summed E-state index contributed by atoms with van der Waals surface area (Å²) in [7, 11) is 0. The second-order valence-electron chi connectivity index (χ2n) is 4.53. The molecule has 1 heterocycles. The summed E-state index contributed by atoms with van der Waals surface area (Å²) < 4.78 is 10.5. The minimum atomic E-state index is 0.257. The molecule has 4 heteroatoms. The molecule has 1 unspecified atom stereocenters. The van der Waals surface area contributed by atoms with Gasteiger partial charge in [0.25, 0.3) is 0 Å².